The molecule has 2 aromatic rings. The van der Waals surface area contributed by atoms with Gasteiger partial charge in [0, 0.05) is 23.9 Å². The van der Waals surface area contributed by atoms with Gasteiger partial charge in [0.05, 0.1) is 20.8 Å². The summed E-state index contributed by atoms with van der Waals surface area (Å²) in [5, 5.41) is 6.84. The van der Waals surface area contributed by atoms with Gasteiger partial charge in [-0.1, -0.05) is 18.2 Å². The smallest absolute Gasteiger partial charge is 0.171 e. The topological polar surface area (TPSA) is 51.8 Å². The van der Waals surface area contributed by atoms with Gasteiger partial charge in [0.15, 0.2) is 16.6 Å². The van der Waals surface area contributed by atoms with Crippen molar-refractivity contribution in [1.82, 2.24) is 5.32 Å². The van der Waals surface area contributed by atoms with Gasteiger partial charge in [-0.25, -0.2) is 0 Å². The quantitative estimate of drug-likeness (QED) is 0.747. The van der Waals surface area contributed by atoms with E-state index in [1.807, 2.05) is 49.4 Å². The SMILES string of the molecule is CCOc1ccccc1CNC(=S)Nc1ccc(OC)c(OC)c1. The number of para-hydroxylation sites is 1. The van der Waals surface area contributed by atoms with Gasteiger partial charge in [0.25, 0.3) is 0 Å². The fourth-order valence-corrected chi connectivity index (χ4v) is 2.40. The molecule has 0 spiro atoms. The molecule has 0 unspecified atom stereocenters. The van der Waals surface area contributed by atoms with Crippen molar-refractivity contribution in [2.24, 2.45) is 0 Å². The molecule has 6 heteroatoms. The summed E-state index contributed by atoms with van der Waals surface area (Å²) in [7, 11) is 3.20. The van der Waals surface area contributed by atoms with Crippen molar-refractivity contribution in [1.29, 1.82) is 0 Å². The van der Waals surface area contributed by atoms with Crippen LogP contribution < -0.4 is 24.8 Å². The Morgan fingerprint density at radius 3 is 2.46 bits per heavy atom. The van der Waals surface area contributed by atoms with E-state index in [1.54, 1.807) is 14.2 Å². The van der Waals surface area contributed by atoms with E-state index in [4.69, 9.17) is 26.4 Å². The van der Waals surface area contributed by atoms with Gasteiger partial charge in [0.2, 0.25) is 0 Å². The molecule has 128 valence electrons. The Labute approximate surface area is 147 Å². The van der Waals surface area contributed by atoms with E-state index in [-0.39, 0.29) is 0 Å². The Bertz CT molecular complexity index is 692. The highest BCUT2D eigenvalue weighted by Gasteiger charge is 2.07. The van der Waals surface area contributed by atoms with Crippen LogP contribution in [0.5, 0.6) is 17.2 Å². The summed E-state index contributed by atoms with van der Waals surface area (Å²) in [5.74, 6) is 2.18. The first-order valence-corrected chi connectivity index (χ1v) is 8.06. The molecule has 2 N–H and O–H groups in total. The van der Waals surface area contributed by atoms with Crippen molar-refractivity contribution in [3.05, 3.63) is 48.0 Å². The summed E-state index contributed by atoms with van der Waals surface area (Å²) >= 11 is 5.35. The van der Waals surface area contributed by atoms with E-state index in [0.29, 0.717) is 29.8 Å². The van der Waals surface area contributed by atoms with Crippen molar-refractivity contribution in [3.8, 4) is 17.2 Å². The van der Waals surface area contributed by atoms with Crippen molar-refractivity contribution >= 4 is 23.0 Å². The van der Waals surface area contributed by atoms with Crippen LogP contribution in [0.3, 0.4) is 0 Å². The molecule has 0 aliphatic heterocycles. The monoisotopic (exact) mass is 346 g/mol. The molecular formula is C18H22N2O3S. The maximum absolute atomic E-state index is 5.61. The Morgan fingerprint density at radius 1 is 1.00 bits per heavy atom. The number of ether oxygens (including phenoxy) is 3. The molecule has 0 aliphatic rings. The third-order valence-electron chi connectivity index (χ3n) is 3.35. The molecule has 0 bridgehead atoms. The third kappa shape index (κ3) is 4.76. The van der Waals surface area contributed by atoms with Crippen LogP contribution in [0.1, 0.15) is 12.5 Å². The minimum atomic E-state index is 0.522. The molecule has 0 heterocycles. The fraction of sp³-hybridized carbons (Fsp3) is 0.278. The lowest BCUT2D eigenvalue weighted by atomic mass is 10.2. The summed E-state index contributed by atoms with van der Waals surface area (Å²) in [4.78, 5) is 0. The van der Waals surface area contributed by atoms with Gasteiger partial charge in [-0.05, 0) is 37.3 Å². The van der Waals surface area contributed by atoms with Crippen LogP contribution in [0.15, 0.2) is 42.5 Å². The highest BCUT2D eigenvalue weighted by atomic mass is 32.1. The molecule has 0 fully saturated rings. The van der Waals surface area contributed by atoms with E-state index < -0.39 is 0 Å². The van der Waals surface area contributed by atoms with Crippen molar-refractivity contribution in [2.75, 3.05) is 26.1 Å². The Balaban J connectivity index is 1.97. The van der Waals surface area contributed by atoms with Crippen LogP contribution in [0.2, 0.25) is 0 Å². The predicted octanol–water partition coefficient (Wildman–Crippen LogP) is 3.59. The number of nitrogens with one attached hydrogen (secondary N) is 2. The number of thiocarbonyl (C=S) groups is 1. The highest BCUT2D eigenvalue weighted by Crippen LogP contribution is 2.29. The van der Waals surface area contributed by atoms with E-state index >= 15 is 0 Å². The first-order chi connectivity index (χ1) is 11.7. The number of hydrogen-bond donors (Lipinski definition) is 2. The van der Waals surface area contributed by atoms with Crippen LogP contribution in [0.4, 0.5) is 5.69 Å². The lowest BCUT2D eigenvalue weighted by Gasteiger charge is -2.14. The number of anilines is 1. The van der Waals surface area contributed by atoms with E-state index in [2.05, 4.69) is 10.6 Å². The molecule has 0 aromatic heterocycles. The minimum absolute atomic E-state index is 0.522. The Hall–Kier alpha value is -2.47. The van der Waals surface area contributed by atoms with Gasteiger partial charge in [-0.2, -0.15) is 0 Å². The molecule has 5 nitrogen and oxygen atoms in total. The minimum Gasteiger partial charge on any atom is -0.494 e. The fourth-order valence-electron chi connectivity index (χ4n) is 2.21. The van der Waals surface area contributed by atoms with Gasteiger partial charge >= 0.3 is 0 Å². The zero-order valence-electron chi connectivity index (χ0n) is 14.1. The zero-order chi connectivity index (χ0) is 17.4. The van der Waals surface area contributed by atoms with Crippen LogP contribution in [-0.4, -0.2) is 25.9 Å². The predicted molar refractivity (Wildman–Crippen MR) is 100 cm³/mol. The second-order valence-corrected chi connectivity index (χ2v) is 5.33. The Kier molecular flexibility index (Phi) is 6.69. The lowest BCUT2D eigenvalue weighted by Crippen LogP contribution is -2.28. The third-order valence-corrected chi connectivity index (χ3v) is 3.60. The number of benzene rings is 2. The Morgan fingerprint density at radius 2 is 1.75 bits per heavy atom. The van der Waals surface area contributed by atoms with Crippen molar-refractivity contribution < 1.29 is 14.2 Å². The van der Waals surface area contributed by atoms with Crippen LogP contribution in [0, 0.1) is 0 Å². The standard InChI is InChI=1S/C18H22N2O3S/c1-4-23-15-8-6-5-7-13(15)12-19-18(24)20-14-9-10-16(21-2)17(11-14)22-3/h5-11H,4,12H2,1-3H3,(H2,19,20,24). The zero-order valence-corrected chi connectivity index (χ0v) is 14.9. The number of methoxy groups -OCH3 is 2. The van der Waals surface area contributed by atoms with Gasteiger partial charge in [0.1, 0.15) is 5.75 Å². The van der Waals surface area contributed by atoms with Crippen molar-refractivity contribution in [2.45, 2.75) is 13.5 Å². The molecular weight excluding hydrogens is 324 g/mol. The van der Waals surface area contributed by atoms with E-state index in [9.17, 15) is 0 Å². The summed E-state index contributed by atoms with van der Waals surface area (Å²) in [6, 6.07) is 13.4. The molecule has 0 radical (unpaired) electrons. The highest BCUT2D eigenvalue weighted by molar-refractivity contribution is 7.80. The first-order valence-electron chi connectivity index (χ1n) is 7.65. The summed E-state index contributed by atoms with van der Waals surface area (Å²) in [6.45, 7) is 3.17. The summed E-state index contributed by atoms with van der Waals surface area (Å²) in [6.07, 6.45) is 0. The molecule has 2 aromatic carbocycles. The van der Waals surface area contributed by atoms with E-state index in [1.165, 1.54) is 0 Å². The molecule has 0 aliphatic carbocycles. The molecule has 0 saturated carbocycles. The summed E-state index contributed by atoms with van der Waals surface area (Å²) < 4.78 is 16.1. The molecule has 0 atom stereocenters. The maximum atomic E-state index is 5.61. The van der Waals surface area contributed by atoms with Gasteiger partial charge in [-0.15, -0.1) is 0 Å². The molecule has 24 heavy (non-hydrogen) atoms. The molecule has 0 saturated heterocycles. The second-order valence-electron chi connectivity index (χ2n) is 4.92. The molecule has 0 amide bonds. The largest absolute Gasteiger partial charge is 0.494 e. The van der Waals surface area contributed by atoms with Crippen LogP contribution >= 0.6 is 12.2 Å². The average Bonchev–Trinajstić information content (AvgIpc) is 2.61. The van der Waals surface area contributed by atoms with Crippen LogP contribution in [0.25, 0.3) is 0 Å². The van der Waals surface area contributed by atoms with Crippen molar-refractivity contribution in [3.63, 3.8) is 0 Å². The van der Waals surface area contributed by atoms with Crippen LogP contribution in [-0.2, 0) is 6.54 Å². The lowest BCUT2D eigenvalue weighted by molar-refractivity contribution is 0.336. The number of rotatable bonds is 7. The average molecular weight is 346 g/mol. The van der Waals surface area contributed by atoms with Gasteiger partial charge in [-0.3, -0.25) is 0 Å². The maximum Gasteiger partial charge on any atom is 0.171 e. The van der Waals surface area contributed by atoms with E-state index in [0.717, 1.165) is 17.0 Å². The first kappa shape index (κ1) is 17.9. The number of hydrogen-bond acceptors (Lipinski definition) is 4. The molecule has 2 rings (SSSR count). The normalized spacial score (nSPS) is 9.96. The second kappa shape index (κ2) is 8.98. The summed E-state index contributed by atoms with van der Waals surface area (Å²) in [5.41, 5.74) is 1.87. The van der Waals surface area contributed by atoms with Gasteiger partial charge < -0.3 is 24.8 Å².